The van der Waals surface area contributed by atoms with Gasteiger partial charge in [0.15, 0.2) is 0 Å². The highest BCUT2D eigenvalue weighted by Gasteiger charge is 2.39. The van der Waals surface area contributed by atoms with Gasteiger partial charge in [0.05, 0.1) is 17.4 Å². The van der Waals surface area contributed by atoms with E-state index in [1.807, 2.05) is 91.0 Å². The van der Waals surface area contributed by atoms with Crippen molar-refractivity contribution in [3.05, 3.63) is 113 Å². The molecule has 62 heavy (non-hydrogen) atoms. The highest BCUT2D eigenvalue weighted by Crippen LogP contribution is 2.47. The van der Waals surface area contributed by atoms with Crippen molar-refractivity contribution in [3.63, 3.8) is 0 Å². The number of aromatic nitrogens is 2. The Labute approximate surface area is 365 Å². The third-order valence-electron chi connectivity index (χ3n) is 13.5. The number of hydrogen-bond acceptors (Lipinski definition) is 7. The van der Waals surface area contributed by atoms with E-state index in [1.165, 1.54) is 68.0 Å². The number of amides is 4. The molecule has 312 valence electrons. The number of imide groups is 2. The van der Waals surface area contributed by atoms with Gasteiger partial charge in [0, 0.05) is 44.6 Å². The van der Waals surface area contributed by atoms with Crippen molar-refractivity contribution in [1.82, 2.24) is 13.6 Å². The van der Waals surface area contributed by atoms with E-state index in [4.69, 9.17) is 0 Å². The van der Waals surface area contributed by atoms with Crippen LogP contribution >= 0.6 is 11.7 Å². The van der Waals surface area contributed by atoms with Crippen LogP contribution in [-0.2, 0) is 0 Å². The molecule has 9 heteroatoms. The first kappa shape index (κ1) is 40.0. The summed E-state index contributed by atoms with van der Waals surface area (Å²) in [6, 6.07) is 28.5. The van der Waals surface area contributed by atoms with E-state index in [0.29, 0.717) is 38.7 Å². The van der Waals surface area contributed by atoms with Crippen LogP contribution in [0.25, 0.3) is 65.3 Å². The Balaban J connectivity index is 1.00. The van der Waals surface area contributed by atoms with Crippen LogP contribution in [0.4, 0.5) is 5.69 Å². The Morgan fingerprint density at radius 3 is 1.44 bits per heavy atom. The number of benzene rings is 7. The van der Waals surface area contributed by atoms with Crippen LogP contribution < -0.4 is 4.90 Å². The summed E-state index contributed by atoms with van der Waals surface area (Å²) < 4.78 is 8.84. The smallest absolute Gasteiger partial charge is 0.265 e. The molecule has 4 amide bonds. The van der Waals surface area contributed by atoms with Gasteiger partial charge in [0.1, 0.15) is 11.0 Å². The number of carbonyl (C=O) groups excluding carboxylic acids is 4. The zero-order chi connectivity index (χ0) is 42.5. The molecule has 1 aromatic heterocycles. The predicted octanol–water partition coefficient (Wildman–Crippen LogP) is 13.7. The Bertz CT molecular complexity index is 2920. The molecule has 0 saturated carbocycles. The van der Waals surface area contributed by atoms with E-state index in [0.717, 1.165) is 93.0 Å². The van der Waals surface area contributed by atoms with Crippen LogP contribution in [0.5, 0.6) is 0 Å². The fraction of sp³-hybridized carbons (Fsp3) is 0.321. The van der Waals surface area contributed by atoms with Crippen LogP contribution in [0.3, 0.4) is 0 Å². The number of carbonyl (C=O) groups is 4. The highest BCUT2D eigenvalue weighted by molar-refractivity contribution is 7.00. The minimum absolute atomic E-state index is 0.136. The van der Waals surface area contributed by atoms with E-state index < -0.39 is 0 Å². The van der Waals surface area contributed by atoms with Crippen LogP contribution in [0.15, 0.2) is 91.0 Å². The van der Waals surface area contributed by atoms with Crippen molar-refractivity contribution in [2.45, 2.75) is 110 Å². The molecule has 0 bridgehead atoms. The predicted molar refractivity (Wildman–Crippen MR) is 252 cm³/mol. The first-order chi connectivity index (χ1) is 30.4. The number of anilines is 1. The summed E-state index contributed by atoms with van der Waals surface area (Å²) in [4.78, 5) is 61.1. The number of rotatable bonds is 17. The average molecular weight is 839 g/mol. The van der Waals surface area contributed by atoms with Crippen LogP contribution in [0.1, 0.15) is 145 Å². The molecule has 8 nitrogen and oxygen atoms in total. The van der Waals surface area contributed by atoms with Gasteiger partial charge in [-0.05, 0) is 93.2 Å². The van der Waals surface area contributed by atoms with Crippen LogP contribution in [-0.4, -0.2) is 43.3 Å². The number of fused-ring (bicyclic) bond motifs is 3. The molecule has 0 saturated heterocycles. The molecule has 2 aliphatic heterocycles. The Kier molecular flexibility index (Phi) is 10.8. The molecule has 0 aliphatic carbocycles. The zero-order valence-electron chi connectivity index (χ0n) is 35.5. The molecule has 0 N–H and O–H groups in total. The molecule has 2 aliphatic rings. The number of nitrogens with zero attached hydrogens (tertiary/aromatic N) is 4. The molecule has 3 heterocycles. The van der Waals surface area contributed by atoms with Gasteiger partial charge >= 0.3 is 0 Å². The molecule has 0 atom stereocenters. The molecular weight excluding hydrogens is 789 g/mol. The van der Waals surface area contributed by atoms with Crippen LogP contribution in [0.2, 0.25) is 0 Å². The quantitative estimate of drug-likeness (QED) is 0.0392. The summed E-state index contributed by atoms with van der Waals surface area (Å²) in [5, 5.41) is 6.60. The fourth-order valence-electron chi connectivity index (χ4n) is 10.4. The van der Waals surface area contributed by atoms with E-state index >= 15 is 0 Å². The first-order valence-electron chi connectivity index (χ1n) is 22.7. The fourth-order valence-corrected chi connectivity index (χ4v) is 11.0. The van der Waals surface area contributed by atoms with Crippen LogP contribution in [0, 0.1) is 0 Å². The van der Waals surface area contributed by atoms with Gasteiger partial charge in [-0.15, -0.1) is 0 Å². The maximum absolute atomic E-state index is 14.7. The van der Waals surface area contributed by atoms with Crippen molar-refractivity contribution >= 4 is 95.2 Å². The van der Waals surface area contributed by atoms with Gasteiger partial charge in [0.2, 0.25) is 0 Å². The van der Waals surface area contributed by atoms with Gasteiger partial charge in [0.25, 0.3) is 23.6 Å². The molecule has 0 spiro atoms. The largest absolute Gasteiger partial charge is 0.271 e. The summed E-state index contributed by atoms with van der Waals surface area (Å²) in [6.45, 7) is 4.46. The lowest BCUT2D eigenvalue weighted by Crippen LogP contribution is -2.47. The minimum atomic E-state index is -0.381. The van der Waals surface area contributed by atoms with Gasteiger partial charge in [-0.2, -0.15) is 8.75 Å². The first-order valence-corrected chi connectivity index (χ1v) is 23.4. The summed E-state index contributed by atoms with van der Waals surface area (Å²) in [5.74, 6) is -1.17. The van der Waals surface area contributed by atoms with E-state index in [9.17, 15) is 19.2 Å². The maximum Gasteiger partial charge on any atom is 0.265 e. The highest BCUT2D eigenvalue weighted by atomic mass is 32.1. The zero-order valence-corrected chi connectivity index (χ0v) is 36.3. The van der Waals surface area contributed by atoms with Crippen molar-refractivity contribution in [1.29, 1.82) is 0 Å². The second-order valence-corrected chi connectivity index (χ2v) is 17.8. The monoisotopic (exact) mass is 838 g/mol. The average Bonchev–Trinajstić information content (AvgIpc) is 3.79. The van der Waals surface area contributed by atoms with Crippen molar-refractivity contribution in [2.75, 3.05) is 4.90 Å². The van der Waals surface area contributed by atoms with Gasteiger partial charge in [-0.3, -0.25) is 24.1 Å². The second kappa shape index (κ2) is 16.7. The van der Waals surface area contributed by atoms with E-state index in [2.05, 4.69) is 22.6 Å². The molecule has 10 rings (SSSR count). The lowest BCUT2D eigenvalue weighted by Gasteiger charge is -2.35. The Morgan fingerprint density at radius 2 is 0.935 bits per heavy atom. The Hall–Kier alpha value is -6.06. The SMILES string of the molecule is CCCCCCCCC(CCCCCCCC)N1C(=O)c2ccc3c4ccc5c6c(ccc(c7ccc(c2c37)C1=O)c64)C(=O)N(c1ccc(-c2cccc3nsnc23)cc1)C5=O. The summed E-state index contributed by atoms with van der Waals surface area (Å²) in [5.41, 5.74) is 6.03. The lowest BCUT2D eigenvalue weighted by atomic mass is 9.82. The molecule has 7 aromatic carbocycles. The molecule has 8 aromatic rings. The summed E-state index contributed by atoms with van der Waals surface area (Å²) >= 11 is 1.17. The number of unbranched alkanes of at least 4 members (excludes halogenated alkanes) is 10. The summed E-state index contributed by atoms with van der Waals surface area (Å²) in [6.07, 6.45) is 15.6. The minimum Gasteiger partial charge on any atom is -0.271 e. The third-order valence-corrected chi connectivity index (χ3v) is 14.1. The summed E-state index contributed by atoms with van der Waals surface area (Å²) in [7, 11) is 0. The molecule has 0 radical (unpaired) electrons. The maximum atomic E-state index is 14.7. The topological polar surface area (TPSA) is 101 Å². The van der Waals surface area contributed by atoms with Gasteiger partial charge in [-0.1, -0.05) is 139 Å². The van der Waals surface area contributed by atoms with E-state index in [1.54, 1.807) is 4.90 Å². The van der Waals surface area contributed by atoms with Crippen molar-refractivity contribution < 1.29 is 19.2 Å². The van der Waals surface area contributed by atoms with Gasteiger partial charge < -0.3 is 0 Å². The molecular formula is C53H50N4O4S. The standard InChI is InChI=1S/C53H50N4O4S/c1-3-5-7-9-11-13-16-33(17-14-12-10-8-6-4-2)56-50(58)40-28-24-36-38-26-30-42-48-43(31-27-39(46(38)48)37-25-29-41(51(56)59)47(40)45(36)37)53(61)57(52(42)60)34-22-20-32(21-23-34)35-18-15-19-44-49(35)55-62-54-44/h15,18-31,33H,3-14,16-17H2,1-2H3. The normalized spacial score (nSPS) is 14.1. The second-order valence-electron chi connectivity index (χ2n) is 17.3. The Morgan fingerprint density at radius 1 is 0.468 bits per heavy atom. The third kappa shape index (κ3) is 6.55. The molecule has 0 fully saturated rings. The van der Waals surface area contributed by atoms with Gasteiger partial charge in [-0.25, -0.2) is 4.90 Å². The van der Waals surface area contributed by atoms with E-state index in [-0.39, 0.29) is 29.7 Å². The number of hydrogen-bond donors (Lipinski definition) is 0. The molecule has 0 unspecified atom stereocenters. The van der Waals surface area contributed by atoms with Crippen molar-refractivity contribution in [3.8, 4) is 11.1 Å². The van der Waals surface area contributed by atoms with Crippen molar-refractivity contribution in [2.24, 2.45) is 0 Å². The lowest BCUT2D eigenvalue weighted by molar-refractivity contribution is 0.0516.